The SMILES string of the molecule is CCO[C@H]1CC(=O)[C@H]1OC. The Labute approximate surface area is 60.3 Å². The zero-order chi connectivity index (χ0) is 7.56. The van der Waals surface area contributed by atoms with Crippen molar-refractivity contribution in [3.05, 3.63) is 0 Å². The van der Waals surface area contributed by atoms with Gasteiger partial charge in [0.15, 0.2) is 5.78 Å². The average Bonchev–Trinajstić information content (AvgIpc) is 1.88. The van der Waals surface area contributed by atoms with Crippen LogP contribution >= 0.6 is 0 Å². The van der Waals surface area contributed by atoms with E-state index in [1.165, 1.54) is 7.11 Å². The minimum Gasteiger partial charge on any atom is -0.375 e. The second-order valence-corrected chi connectivity index (χ2v) is 2.32. The van der Waals surface area contributed by atoms with Crippen LogP contribution in [0.15, 0.2) is 0 Å². The lowest BCUT2D eigenvalue weighted by Crippen LogP contribution is -2.49. The lowest BCUT2D eigenvalue weighted by atomic mass is 9.90. The van der Waals surface area contributed by atoms with Crippen LogP contribution in [0.1, 0.15) is 13.3 Å². The maximum absolute atomic E-state index is 10.7. The fraction of sp³-hybridized carbons (Fsp3) is 0.857. The van der Waals surface area contributed by atoms with Gasteiger partial charge in [-0.25, -0.2) is 0 Å². The molecule has 1 aliphatic carbocycles. The van der Waals surface area contributed by atoms with Crippen molar-refractivity contribution in [2.75, 3.05) is 13.7 Å². The van der Waals surface area contributed by atoms with E-state index in [4.69, 9.17) is 9.47 Å². The molecule has 0 aromatic rings. The number of ether oxygens (including phenoxy) is 2. The van der Waals surface area contributed by atoms with Crippen molar-refractivity contribution in [2.45, 2.75) is 25.6 Å². The Morgan fingerprint density at radius 3 is 2.80 bits per heavy atom. The molecule has 0 aromatic carbocycles. The van der Waals surface area contributed by atoms with Gasteiger partial charge in [-0.15, -0.1) is 0 Å². The molecule has 0 heterocycles. The van der Waals surface area contributed by atoms with Crippen LogP contribution in [0, 0.1) is 0 Å². The Bertz CT molecular complexity index is 133. The maximum Gasteiger partial charge on any atom is 0.166 e. The van der Waals surface area contributed by atoms with Crippen LogP contribution in [0.4, 0.5) is 0 Å². The molecule has 0 aromatic heterocycles. The van der Waals surface area contributed by atoms with E-state index in [2.05, 4.69) is 0 Å². The van der Waals surface area contributed by atoms with Crippen LogP contribution in [0.2, 0.25) is 0 Å². The van der Waals surface area contributed by atoms with E-state index in [1.807, 2.05) is 6.92 Å². The third-order valence-corrected chi connectivity index (χ3v) is 1.69. The van der Waals surface area contributed by atoms with Gasteiger partial charge in [0.1, 0.15) is 6.10 Å². The molecule has 58 valence electrons. The molecule has 3 heteroatoms. The third kappa shape index (κ3) is 1.20. The molecule has 0 N–H and O–H groups in total. The summed E-state index contributed by atoms with van der Waals surface area (Å²) in [5.41, 5.74) is 0. The molecule has 0 spiro atoms. The van der Waals surface area contributed by atoms with Crippen LogP contribution < -0.4 is 0 Å². The Morgan fingerprint density at radius 2 is 2.40 bits per heavy atom. The van der Waals surface area contributed by atoms with Crippen molar-refractivity contribution in [3.8, 4) is 0 Å². The first-order chi connectivity index (χ1) is 4.79. The molecule has 1 saturated carbocycles. The normalized spacial score (nSPS) is 32.0. The molecule has 0 aliphatic heterocycles. The molecule has 1 fully saturated rings. The summed E-state index contributed by atoms with van der Waals surface area (Å²) in [5, 5.41) is 0. The minimum atomic E-state index is -0.292. The molecular weight excluding hydrogens is 132 g/mol. The van der Waals surface area contributed by atoms with E-state index in [0.29, 0.717) is 13.0 Å². The number of ketones is 1. The van der Waals surface area contributed by atoms with Gasteiger partial charge in [-0.2, -0.15) is 0 Å². The van der Waals surface area contributed by atoms with Crippen LogP contribution in [-0.4, -0.2) is 31.7 Å². The van der Waals surface area contributed by atoms with Gasteiger partial charge in [0.2, 0.25) is 0 Å². The summed E-state index contributed by atoms with van der Waals surface area (Å²) in [4.78, 5) is 10.7. The fourth-order valence-electron chi connectivity index (χ4n) is 1.11. The van der Waals surface area contributed by atoms with E-state index >= 15 is 0 Å². The quantitative estimate of drug-likeness (QED) is 0.574. The Balaban J connectivity index is 2.30. The second kappa shape index (κ2) is 3.12. The van der Waals surface area contributed by atoms with E-state index in [1.54, 1.807) is 0 Å². The highest BCUT2D eigenvalue weighted by atomic mass is 16.5. The first-order valence-electron chi connectivity index (χ1n) is 3.46. The van der Waals surface area contributed by atoms with Crippen molar-refractivity contribution in [2.24, 2.45) is 0 Å². The van der Waals surface area contributed by atoms with Crippen LogP contribution in [0.25, 0.3) is 0 Å². The smallest absolute Gasteiger partial charge is 0.166 e. The van der Waals surface area contributed by atoms with Gasteiger partial charge >= 0.3 is 0 Å². The summed E-state index contributed by atoms with van der Waals surface area (Å²) in [5.74, 6) is 0.154. The Kier molecular flexibility index (Phi) is 2.40. The first kappa shape index (κ1) is 7.69. The first-order valence-corrected chi connectivity index (χ1v) is 3.46. The molecule has 2 atom stereocenters. The molecule has 0 bridgehead atoms. The number of carbonyl (C=O) groups is 1. The average molecular weight is 144 g/mol. The molecule has 1 rings (SSSR count). The minimum absolute atomic E-state index is 0.0162. The highest BCUT2D eigenvalue weighted by molar-refractivity contribution is 5.90. The van der Waals surface area contributed by atoms with Gasteiger partial charge in [-0.05, 0) is 6.92 Å². The number of methoxy groups -OCH3 is 1. The van der Waals surface area contributed by atoms with E-state index in [-0.39, 0.29) is 18.0 Å². The summed E-state index contributed by atoms with van der Waals surface area (Å²) < 4.78 is 10.1. The van der Waals surface area contributed by atoms with Crippen LogP contribution in [0.5, 0.6) is 0 Å². The predicted octanol–water partition coefficient (Wildman–Crippen LogP) is 0.379. The van der Waals surface area contributed by atoms with E-state index in [9.17, 15) is 4.79 Å². The zero-order valence-electron chi connectivity index (χ0n) is 6.29. The van der Waals surface area contributed by atoms with Crippen LogP contribution in [0.3, 0.4) is 0 Å². The zero-order valence-corrected chi connectivity index (χ0v) is 6.29. The topological polar surface area (TPSA) is 35.5 Å². The molecule has 0 amide bonds. The van der Waals surface area contributed by atoms with Crippen molar-refractivity contribution >= 4 is 5.78 Å². The Morgan fingerprint density at radius 1 is 1.70 bits per heavy atom. The van der Waals surface area contributed by atoms with Crippen molar-refractivity contribution in [1.29, 1.82) is 0 Å². The standard InChI is InChI=1S/C7H12O3/c1-3-10-6-4-5(8)7(6)9-2/h6-7H,3-4H2,1-2H3/t6-,7+/m0/s1. The van der Waals surface area contributed by atoms with Crippen molar-refractivity contribution < 1.29 is 14.3 Å². The summed E-state index contributed by atoms with van der Waals surface area (Å²) in [6, 6.07) is 0. The lowest BCUT2D eigenvalue weighted by Gasteiger charge is -2.32. The number of hydrogen-bond acceptors (Lipinski definition) is 3. The summed E-state index contributed by atoms with van der Waals surface area (Å²) >= 11 is 0. The molecular formula is C7H12O3. The highest BCUT2D eigenvalue weighted by Gasteiger charge is 2.40. The highest BCUT2D eigenvalue weighted by Crippen LogP contribution is 2.21. The van der Waals surface area contributed by atoms with E-state index in [0.717, 1.165) is 0 Å². The number of rotatable bonds is 3. The third-order valence-electron chi connectivity index (χ3n) is 1.69. The summed E-state index contributed by atoms with van der Waals surface area (Å²) in [7, 11) is 1.54. The van der Waals surface area contributed by atoms with Crippen LogP contribution in [-0.2, 0) is 14.3 Å². The lowest BCUT2D eigenvalue weighted by molar-refractivity contribution is -0.160. The fourth-order valence-corrected chi connectivity index (χ4v) is 1.11. The Hall–Kier alpha value is -0.410. The van der Waals surface area contributed by atoms with Gasteiger partial charge in [-0.1, -0.05) is 0 Å². The molecule has 0 radical (unpaired) electrons. The van der Waals surface area contributed by atoms with Gasteiger partial charge in [0.05, 0.1) is 6.10 Å². The van der Waals surface area contributed by atoms with Crippen molar-refractivity contribution in [1.82, 2.24) is 0 Å². The summed E-state index contributed by atoms with van der Waals surface area (Å²) in [6.07, 6.45) is 0.245. The van der Waals surface area contributed by atoms with Gasteiger partial charge in [-0.3, -0.25) is 4.79 Å². The second-order valence-electron chi connectivity index (χ2n) is 2.32. The van der Waals surface area contributed by atoms with E-state index < -0.39 is 0 Å². The molecule has 1 aliphatic rings. The van der Waals surface area contributed by atoms with Gasteiger partial charge in [0, 0.05) is 20.1 Å². The van der Waals surface area contributed by atoms with Gasteiger partial charge in [0.25, 0.3) is 0 Å². The molecule has 3 nitrogen and oxygen atoms in total. The molecule has 0 unspecified atom stereocenters. The largest absolute Gasteiger partial charge is 0.375 e. The molecule has 10 heavy (non-hydrogen) atoms. The number of carbonyl (C=O) groups excluding carboxylic acids is 1. The summed E-state index contributed by atoms with van der Waals surface area (Å²) in [6.45, 7) is 2.56. The van der Waals surface area contributed by atoms with Gasteiger partial charge < -0.3 is 9.47 Å². The maximum atomic E-state index is 10.7. The number of Topliss-reactive ketones (excluding diaryl/α,β-unsaturated/α-hetero) is 1. The predicted molar refractivity (Wildman–Crippen MR) is 35.8 cm³/mol. The monoisotopic (exact) mass is 144 g/mol. The van der Waals surface area contributed by atoms with Crippen molar-refractivity contribution in [3.63, 3.8) is 0 Å². The molecule has 0 saturated heterocycles. The number of hydrogen-bond donors (Lipinski definition) is 0.